The molecule has 0 aliphatic carbocycles. The molecule has 1 saturated heterocycles. The number of aryl methyl sites for hydroxylation is 1. The van der Waals surface area contributed by atoms with Gasteiger partial charge in [-0.2, -0.15) is 0 Å². The molecule has 3 aromatic rings. The molecule has 0 unspecified atom stereocenters. The van der Waals surface area contributed by atoms with Crippen LogP contribution >= 0.6 is 0 Å². The van der Waals surface area contributed by atoms with Crippen molar-refractivity contribution in [1.82, 2.24) is 19.8 Å². The van der Waals surface area contributed by atoms with Crippen molar-refractivity contribution < 1.29 is 18.0 Å². The van der Waals surface area contributed by atoms with Crippen LogP contribution in [-0.2, 0) is 10.0 Å². The SMILES string of the molecule is C=C/C=C\c1cccc(S(=O)(=O)Nc2ccc(C(=O)N3CCN(C(=O)c4cnc(C)cn4)CC3)cc2)c1N. The van der Waals surface area contributed by atoms with Crippen LogP contribution < -0.4 is 10.5 Å². The minimum Gasteiger partial charge on any atom is -0.397 e. The topological polar surface area (TPSA) is 139 Å². The maximum Gasteiger partial charge on any atom is 0.274 e. The summed E-state index contributed by atoms with van der Waals surface area (Å²) in [5.41, 5.74) is 8.48. The van der Waals surface area contributed by atoms with Gasteiger partial charge in [0.1, 0.15) is 10.6 Å². The second kappa shape index (κ2) is 11.3. The van der Waals surface area contributed by atoms with Gasteiger partial charge in [0.2, 0.25) is 0 Å². The van der Waals surface area contributed by atoms with E-state index in [0.717, 1.165) is 5.69 Å². The summed E-state index contributed by atoms with van der Waals surface area (Å²) in [6.45, 7) is 6.89. The van der Waals surface area contributed by atoms with E-state index in [4.69, 9.17) is 5.73 Å². The van der Waals surface area contributed by atoms with E-state index in [1.165, 1.54) is 24.4 Å². The van der Waals surface area contributed by atoms with Crippen molar-refractivity contribution in [1.29, 1.82) is 0 Å². The van der Waals surface area contributed by atoms with Crippen molar-refractivity contribution in [2.24, 2.45) is 0 Å². The number of nitrogens with one attached hydrogen (secondary N) is 1. The fourth-order valence-electron chi connectivity index (χ4n) is 3.96. The number of allylic oxidation sites excluding steroid dienone is 2. The maximum atomic E-state index is 13.0. The van der Waals surface area contributed by atoms with Crippen molar-refractivity contribution in [2.75, 3.05) is 36.6 Å². The number of nitrogens with zero attached hydrogens (tertiary/aromatic N) is 4. The first-order valence-corrected chi connectivity index (χ1v) is 13.4. The van der Waals surface area contributed by atoms with Crippen LogP contribution in [-0.4, -0.2) is 66.2 Å². The number of hydrogen-bond acceptors (Lipinski definition) is 7. The molecule has 0 bridgehead atoms. The van der Waals surface area contributed by atoms with Crippen molar-refractivity contribution >= 4 is 39.3 Å². The number of piperazine rings is 1. The molecule has 38 heavy (non-hydrogen) atoms. The first-order valence-electron chi connectivity index (χ1n) is 11.9. The smallest absolute Gasteiger partial charge is 0.274 e. The van der Waals surface area contributed by atoms with Gasteiger partial charge in [0.25, 0.3) is 21.8 Å². The third-order valence-electron chi connectivity index (χ3n) is 6.04. The third-order valence-corrected chi connectivity index (χ3v) is 7.48. The number of aromatic nitrogens is 2. The summed E-state index contributed by atoms with van der Waals surface area (Å²) in [4.78, 5) is 37.2. The van der Waals surface area contributed by atoms with Crippen molar-refractivity contribution in [3.05, 3.63) is 96.1 Å². The first-order chi connectivity index (χ1) is 18.2. The van der Waals surface area contributed by atoms with Crippen LogP contribution in [0.1, 0.15) is 32.1 Å². The van der Waals surface area contributed by atoms with Crippen LogP contribution in [0, 0.1) is 6.92 Å². The lowest BCUT2D eigenvalue weighted by Gasteiger charge is -2.34. The zero-order valence-corrected chi connectivity index (χ0v) is 21.7. The van der Waals surface area contributed by atoms with Crippen LogP contribution in [0.3, 0.4) is 0 Å². The molecular formula is C27H28N6O4S. The molecule has 1 fully saturated rings. The van der Waals surface area contributed by atoms with Crippen LogP contribution in [0.25, 0.3) is 6.08 Å². The van der Waals surface area contributed by atoms with Gasteiger partial charge < -0.3 is 15.5 Å². The van der Waals surface area contributed by atoms with E-state index in [-0.39, 0.29) is 28.1 Å². The molecule has 196 valence electrons. The standard InChI is InChI=1S/C27H28N6O4S/c1-3-4-6-20-7-5-8-24(25(20)28)38(36,37)31-22-11-9-21(10-12-22)26(34)32-13-15-33(16-14-32)27(35)23-18-29-19(2)17-30-23/h3-12,17-18,31H,1,13-16,28H2,2H3/b6-4-. The Morgan fingerprint density at radius 1 is 0.974 bits per heavy atom. The maximum absolute atomic E-state index is 13.0. The van der Waals surface area contributed by atoms with Gasteiger partial charge in [0.05, 0.1) is 17.6 Å². The van der Waals surface area contributed by atoms with Gasteiger partial charge in [-0.25, -0.2) is 13.4 Å². The van der Waals surface area contributed by atoms with Gasteiger partial charge in [-0.3, -0.25) is 19.3 Å². The van der Waals surface area contributed by atoms with Gasteiger partial charge in [0.15, 0.2) is 0 Å². The third kappa shape index (κ3) is 5.89. The van der Waals surface area contributed by atoms with Gasteiger partial charge in [-0.05, 0) is 42.8 Å². The number of amides is 2. The molecule has 10 nitrogen and oxygen atoms in total. The predicted molar refractivity (Wildman–Crippen MR) is 146 cm³/mol. The lowest BCUT2D eigenvalue weighted by atomic mass is 10.1. The van der Waals surface area contributed by atoms with Crippen molar-refractivity contribution in [3.63, 3.8) is 0 Å². The first kappa shape index (κ1) is 26.6. The highest BCUT2D eigenvalue weighted by Crippen LogP contribution is 2.26. The summed E-state index contributed by atoms with van der Waals surface area (Å²) in [6.07, 6.45) is 7.91. The fraction of sp³-hybridized carbons (Fsp3) is 0.185. The molecular weight excluding hydrogens is 504 g/mol. The van der Waals surface area contributed by atoms with Crippen LogP contribution in [0.4, 0.5) is 11.4 Å². The number of sulfonamides is 1. The number of hydrogen-bond donors (Lipinski definition) is 2. The minimum atomic E-state index is -3.96. The molecule has 0 saturated carbocycles. The van der Waals surface area contributed by atoms with E-state index in [9.17, 15) is 18.0 Å². The number of carbonyl (C=O) groups excluding carboxylic acids is 2. The molecule has 11 heteroatoms. The number of para-hydroxylation sites is 1. The van der Waals surface area contributed by atoms with E-state index < -0.39 is 10.0 Å². The molecule has 0 atom stereocenters. The minimum absolute atomic E-state index is 0.0482. The van der Waals surface area contributed by atoms with E-state index in [0.29, 0.717) is 43.0 Å². The molecule has 4 rings (SSSR count). The number of nitrogens with two attached hydrogens (primary N) is 1. The number of rotatable bonds is 7. The second-order valence-electron chi connectivity index (χ2n) is 8.66. The average Bonchev–Trinajstić information content (AvgIpc) is 2.92. The molecule has 1 aliphatic rings. The number of anilines is 2. The lowest BCUT2D eigenvalue weighted by molar-refractivity contribution is 0.0532. The highest BCUT2D eigenvalue weighted by atomic mass is 32.2. The highest BCUT2D eigenvalue weighted by Gasteiger charge is 2.26. The zero-order valence-electron chi connectivity index (χ0n) is 20.9. The summed E-state index contributed by atoms with van der Waals surface area (Å²) in [6, 6.07) is 10.9. The fourth-order valence-corrected chi connectivity index (χ4v) is 5.19. The summed E-state index contributed by atoms with van der Waals surface area (Å²) in [5, 5.41) is 0. The molecule has 0 spiro atoms. The van der Waals surface area contributed by atoms with Crippen molar-refractivity contribution in [3.8, 4) is 0 Å². The van der Waals surface area contributed by atoms with Crippen LogP contribution in [0.5, 0.6) is 0 Å². The summed E-state index contributed by atoms with van der Waals surface area (Å²) < 4.78 is 28.4. The monoisotopic (exact) mass is 532 g/mol. The van der Waals surface area contributed by atoms with E-state index >= 15 is 0 Å². The molecule has 2 aromatic carbocycles. The Kier molecular flexibility index (Phi) is 7.87. The molecule has 2 heterocycles. The molecule has 1 aliphatic heterocycles. The average molecular weight is 533 g/mol. The van der Waals surface area contributed by atoms with Crippen molar-refractivity contribution in [2.45, 2.75) is 11.8 Å². The highest BCUT2D eigenvalue weighted by molar-refractivity contribution is 7.92. The Bertz CT molecular complexity index is 1480. The molecule has 3 N–H and O–H groups in total. The number of carbonyl (C=O) groups is 2. The largest absolute Gasteiger partial charge is 0.397 e. The molecule has 2 amide bonds. The quantitative estimate of drug-likeness (QED) is 0.352. The molecule has 0 radical (unpaired) electrons. The second-order valence-corrected chi connectivity index (χ2v) is 10.3. The number of benzene rings is 2. The lowest BCUT2D eigenvalue weighted by Crippen LogP contribution is -2.50. The normalized spacial score (nSPS) is 13.9. The van der Waals surface area contributed by atoms with Gasteiger partial charge in [-0.15, -0.1) is 0 Å². The van der Waals surface area contributed by atoms with Gasteiger partial charge in [0, 0.05) is 43.6 Å². The predicted octanol–water partition coefficient (Wildman–Crippen LogP) is 2.97. The Morgan fingerprint density at radius 2 is 1.63 bits per heavy atom. The Labute approximate surface area is 221 Å². The molecule has 1 aromatic heterocycles. The van der Waals surface area contributed by atoms with E-state index in [1.807, 2.05) is 0 Å². The Hall–Kier alpha value is -4.51. The van der Waals surface area contributed by atoms with E-state index in [1.54, 1.807) is 65.4 Å². The Morgan fingerprint density at radius 3 is 2.24 bits per heavy atom. The van der Waals surface area contributed by atoms with E-state index in [2.05, 4.69) is 21.3 Å². The Balaban J connectivity index is 1.39. The van der Waals surface area contributed by atoms with Gasteiger partial charge >= 0.3 is 0 Å². The van der Waals surface area contributed by atoms with Crippen LogP contribution in [0.2, 0.25) is 0 Å². The van der Waals surface area contributed by atoms with Crippen LogP contribution in [0.15, 0.2) is 78.5 Å². The summed E-state index contributed by atoms with van der Waals surface area (Å²) in [7, 11) is -3.96. The van der Waals surface area contributed by atoms with Gasteiger partial charge in [-0.1, -0.05) is 36.9 Å². The summed E-state index contributed by atoms with van der Waals surface area (Å²) >= 11 is 0. The number of nitrogen functional groups attached to an aromatic ring is 1. The summed E-state index contributed by atoms with van der Waals surface area (Å²) in [5.74, 6) is -0.420. The zero-order chi connectivity index (χ0) is 27.3.